The minimum Gasteiger partial charge on any atom is -0.248 e. The van der Waals surface area contributed by atoms with Gasteiger partial charge in [-0.05, 0) is 54.8 Å². The zero-order valence-electron chi connectivity index (χ0n) is 15.1. The first-order chi connectivity index (χ1) is 13.4. The minimum absolute atomic E-state index is 0.597. The number of alkyl halides is 3. The predicted molar refractivity (Wildman–Crippen MR) is 110 cm³/mol. The van der Waals surface area contributed by atoms with Gasteiger partial charge in [-0.25, -0.2) is 4.99 Å². The van der Waals surface area contributed by atoms with Crippen molar-refractivity contribution in [3.8, 4) is 0 Å². The average Bonchev–Trinajstić information content (AvgIpc) is 2.69. The Morgan fingerprint density at radius 3 is 2.11 bits per heavy atom. The van der Waals surface area contributed by atoms with Crippen LogP contribution in [0, 0.1) is 6.92 Å². The van der Waals surface area contributed by atoms with Gasteiger partial charge in [0.25, 0.3) is 0 Å². The van der Waals surface area contributed by atoms with Gasteiger partial charge in [0.2, 0.25) is 0 Å². The van der Waals surface area contributed by atoms with E-state index in [9.17, 15) is 13.2 Å². The van der Waals surface area contributed by atoms with E-state index in [1.54, 1.807) is 0 Å². The van der Waals surface area contributed by atoms with Crippen molar-refractivity contribution < 1.29 is 13.2 Å². The number of thioether (sulfide) groups is 1. The molecule has 0 heterocycles. The van der Waals surface area contributed by atoms with Gasteiger partial charge in [-0.15, -0.1) is 0 Å². The lowest BCUT2D eigenvalue weighted by molar-refractivity contribution is -0.137. The second-order valence-corrected chi connectivity index (χ2v) is 7.12. The van der Waals surface area contributed by atoms with Crippen LogP contribution in [0.2, 0.25) is 0 Å². The summed E-state index contributed by atoms with van der Waals surface area (Å²) in [7, 11) is 0. The molecule has 3 aromatic rings. The van der Waals surface area contributed by atoms with Crippen molar-refractivity contribution in [3.05, 3.63) is 107 Å². The first-order valence-corrected chi connectivity index (χ1v) is 9.51. The number of aliphatic imine (C=N–C) groups is 1. The van der Waals surface area contributed by atoms with Crippen molar-refractivity contribution in [1.29, 1.82) is 0 Å². The van der Waals surface area contributed by atoms with E-state index < -0.39 is 11.7 Å². The Morgan fingerprint density at radius 1 is 0.857 bits per heavy atom. The Balaban J connectivity index is 1.88. The standard InChI is InChI=1S/C23H18F3NS/c1-17-7-13-21(14-8-17)28-16-15-22(27-20-5-3-2-4-6-20)18-9-11-19(12-10-18)23(24,25)26/h2-16H,1H3. The molecule has 1 nitrogen and oxygen atoms in total. The van der Waals surface area contributed by atoms with Crippen LogP contribution in [0.3, 0.4) is 0 Å². The summed E-state index contributed by atoms with van der Waals surface area (Å²) < 4.78 is 38.5. The van der Waals surface area contributed by atoms with Crippen molar-refractivity contribution in [2.45, 2.75) is 18.0 Å². The number of benzene rings is 3. The minimum atomic E-state index is -4.35. The molecule has 5 heteroatoms. The maximum Gasteiger partial charge on any atom is 0.416 e. The Hall–Kier alpha value is -2.79. The molecule has 0 aromatic heterocycles. The Bertz CT molecular complexity index is 957. The van der Waals surface area contributed by atoms with Gasteiger partial charge in [-0.2, -0.15) is 13.2 Å². The molecule has 0 aliphatic rings. The lowest BCUT2D eigenvalue weighted by atomic mass is 10.1. The van der Waals surface area contributed by atoms with E-state index in [1.807, 2.05) is 73.0 Å². The molecule has 142 valence electrons. The predicted octanol–water partition coefficient (Wildman–Crippen LogP) is 7.44. The summed E-state index contributed by atoms with van der Waals surface area (Å²) in [6, 6.07) is 22.5. The highest BCUT2D eigenvalue weighted by Gasteiger charge is 2.30. The first kappa shape index (κ1) is 20.0. The lowest BCUT2D eigenvalue weighted by Gasteiger charge is -2.08. The fraction of sp³-hybridized carbons (Fsp3) is 0.0870. The normalized spacial score (nSPS) is 12.5. The van der Waals surface area contributed by atoms with Gasteiger partial charge in [0.15, 0.2) is 0 Å². The molecule has 0 atom stereocenters. The van der Waals surface area contributed by atoms with Crippen molar-refractivity contribution in [3.63, 3.8) is 0 Å². The van der Waals surface area contributed by atoms with E-state index >= 15 is 0 Å². The Labute approximate surface area is 166 Å². The quantitative estimate of drug-likeness (QED) is 0.322. The van der Waals surface area contributed by atoms with E-state index in [0.717, 1.165) is 22.7 Å². The molecule has 0 aliphatic carbocycles. The highest BCUT2D eigenvalue weighted by molar-refractivity contribution is 8.02. The molecular weight excluding hydrogens is 379 g/mol. The molecule has 0 aliphatic heterocycles. The average molecular weight is 397 g/mol. The third-order valence-corrected chi connectivity index (χ3v) is 4.78. The van der Waals surface area contributed by atoms with Gasteiger partial charge in [0.1, 0.15) is 0 Å². The molecule has 0 spiro atoms. The zero-order chi connectivity index (χ0) is 20.0. The maximum atomic E-state index is 12.8. The van der Waals surface area contributed by atoms with Crippen LogP contribution in [-0.2, 0) is 6.18 Å². The van der Waals surface area contributed by atoms with Crippen molar-refractivity contribution in [2.75, 3.05) is 0 Å². The van der Waals surface area contributed by atoms with Crippen LogP contribution in [0.15, 0.2) is 100 Å². The third kappa shape index (κ3) is 5.60. The Morgan fingerprint density at radius 2 is 1.50 bits per heavy atom. The number of aryl methyl sites for hydroxylation is 1. The SMILES string of the molecule is Cc1ccc(SC=CC(=Nc2ccccc2)c2ccc(C(F)(F)F)cc2)cc1. The van der Waals surface area contributed by atoms with Crippen LogP contribution >= 0.6 is 11.8 Å². The maximum absolute atomic E-state index is 12.8. The fourth-order valence-electron chi connectivity index (χ4n) is 2.46. The van der Waals surface area contributed by atoms with E-state index in [4.69, 9.17) is 0 Å². The van der Waals surface area contributed by atoms with Crippen LogP contribution < -0.4 is 0 Å². The fourth-order valence-corrected chi connectivity index (χ4v) is 3.11. The highest BCUT2D eigenvalue weighted by atomic mass is 32.2. The van der Waals surface area contributed by atoms with Crippen molar-refractivity contribution >= 4 is 23.2 Å². The molecule has 0 fully saturated rings. The van der Waals surface area contributed by atoms with Crippen LogP contribution in [0.5, 0.6) is 0 Å². The molecule has 0 amide bonds. The first-order valence-electron chi connectivity index (χ1n) is 8.63. The molecule has 28 heavy (non-hydrogen) atoms. The largest absolute Gasteiger partial charge is 0.416 e. The number of rotatable bonds is 5. The van der Waals surface area contributed by atoms with E-state index in [-0.39, 0.29) is 0 Å². The molecule has 0 saturated carbocycles. The topological polar surface area (TPSA) is 12.4 Å². The van der Waals surface area contributed by atoms with E-state index in [1.165, 1.54) is 29.5 Å². The smallest absolute Gasteiger partial charge is 0.248 e. The molecular formula is C23H18F3NS. The van der Waals surface area contributed by atoms with Gasteiger partial charge in [-0.1, -0.05) is 59.8 Å². The third-order valence-electron chi connectivity index (χ3n) is 3.96. The van der Waals surface area contributed by atoms with E-state index in [0.29, 0.717) is 11.3 Å². The number of hydrogen-bond donors (Lipinski definition) is 0. The second kappa shape index (κ2) is 8.93. The molecule has 3 rings (SSSR count). The van der Waals surface area contributed by atoms with E-state index in [2.05, 4.69) is 4.99 Å². The van der Waals surface area contributed by atoms with Gasteiger partial charge in [-0.3, -0.25) is 0 Å². The zero-order valence-corrected chi connectivity index (χ0v) is 16.0. The lowest BCUT2D eigenvalue weighted by Crippen LogP contribution is -2.05. The van der Waals surface area contributed by atoms with Crippen LogP contribution in [-0.4, -0.2) is 5.71 Å². The van der Waals surface area contributed by atoms with Crippen LogP contribution in [0.4, 0.5) is 18.9 Å². The summed E-state index contributed by atoms with van der Waals surface area (Å²) in [5.41, 5.74) is 2.47. The second-order valence-electron chi connectivity index (χ2n) is 6.14. The van der Waals surface area contributed by atoms with Crippen molar-refractivity contribution in [2.24, 2.45) is 4.99 Å². The summed E-state index contributed by atoms with van der Waals surface area (Å²) in [4.78, 5) is 5.68. The summed E-state index contributed by atoms with van der Waals surface area (Å²) in [5.74, 6) is 0. The van der Waals surface area contributed by atoms with Crippen LogP contribution in [0.1, 0.15) is 16.7 Å². The summed E-state index contributed by atoms with van der Waals surface area (Å²) >= 11 is 1.53. The Kier molecular flexibility index (Phi) is 6.37. The molecule has 0 radical (unpaired) electrons. The molecule has 0 saturated heterocycles. The van der Waals surface area contributed by atoms with Gasteiger partial charge >= 0.3 is 6.18 Å². The molecule has 0 N–H and O–H groups in total. The number of hydrogen-bond acceptors (Lipinski definition) is 2. The summed E-state index contributed by atoms with van der Waals surface area (Å²) in [6.45, 7) is 2.03. The number of nitrogens with zero attached hydrogens (tertiary/aromatic N) is 1. The van der Waals surface area contributed by atoms with Gasteiger partial charge in [0.05, 0.1) is 17.0 Å². The summed E-state index contributed by atoms with van der Waals surface area (Å²) in [6.07, 6.45) is -2.54. The number of halogens is 3. The van der Waals surface area contributed by atoms with Gasteiger partial charge < -0.3 is 0 Å². The highest BCUT2D eigenvalue weighted by Crippen LogP contribution is 2.29. The van der Waals surface area contributed by atoms with Crippen LogP contribution in [0.25, 0.3) is 0 Å². The van der Waals surface area contributed by atoms with Gasteiger partial charge in [0, 0.05) is 10.5 Å². The number of para-hydroxylation sites is 1. The summed E-state index contributed by atoms with van der Waals surface area (Å²) in [5, 5.41) is 1.89. The molecule has 3 aromatic carbocycles. The number of allylic oxidation sites excluding steroid dienone is 1. The molecule has 0 bridgehead atoms. The molecule has 0 unspecified atom stereocenters. The van der Waals surface area contributed by atoms with Crippen molar-refractivity contribution in [1.82, 2.24) is 0 Å². The monoisotopic (exact) mass is 397 g/mol.